The van der Waals surface area contributed by atoms with Gasteiger partial charge in [-0.25, -0.2) is 9.69 Å². The molecule has 4 rings (SSSR count). The maximum atomic E-state index is 14.3. The van der Waals surface area contributed by atoms with Crippen molar-refractivity contribution in [3.05, 3.63) is 72.3 Å². The van der Waals surface area contributed by atoms with Gasteiger partial charge in [0.2, 0.25) is 0 Å². The van der Waals surface area contributed by atoms with E-state index in [-0.39, 0.29) is 10.6 Å². The van der Waals surface area contributed by atoms with Gasteiger partial charge in [0.05, 0.1) is 6.20 Å². The van der Waals surface area contributed by atoms with Gasteiger partial charge in [0.25, 0.3) is 5.91 Å². The quantitative estimate of drug-likeness (QED) is 0.441. The maximum absolute atomic E-state index is 14.3. The Bertz CT molecular complexity index is 1370. The number of likely N-dealkylation sites (N-methyl/N-ethyl adjacent to an activating group) is 1. The lowest BCUT2D eigenvalue weighted by molar-refractivity contribution is -0.305. The van der Waals surface area contributed by atoms with Crippen LogP contribution in [0.1, 0.15) is 10.4 Å². The predicted octanol–water partition coefficient (Wildman–Crippen LogP) is 5.29. The van der Waals surface area contributed by atoms with E-state index in [9.17, 15) is 39.9 Å². The van der Waals surface area contributed by atoms with Gasteiger partial charge in [-0.3, -0.25) is 14.8 Å². The molecule has 3 aromatic rings. The van der Waals surface area contributed by atoms with Crippen molar-refractivity contribution in [2.75, 3.05) is 19.4 Å². The molecule has 0 fully saturated rings. The van der Waals surface area contributed by atoms with Crippen molar-refractivity contribution in [3.8, 4) is 11.1 Å². The van der Waals surface area contributed by atoms with Gasteiger partial charge < -0.3 is 5.32 Å². The highest BCUT2D eigenvalue weighted by atomic mass is 19.4. The molecule has 1 aromatic carbocycles. The Morgan fingerprint density at radius 2 is 1.61 bits per heavy atom. The molecule has 2 aromatic heterocycles. The Balaban J connectivity index is 1.72. The van der Waals surface area contributed by atoms with Gasteiger partial charge in [-0.2, -0.15) is 40.2 Å². The molecule has 1 aliphatic heterocycles. The summed E-state index contributed by atoms with van der Waals surface area (Å²) in [5.41, 5.74) is -0.860. The van der Waals surface area contributed by atoms with Gasteiger partial charge >= 0.3 is 18.3 Å². The summed E-state index contributed by atoms with van der Waals surface area (Å²) in [6.07, 6.45) is -6.75. The van der Waals surface area contributed by atoms with Crippen molar-refractivity contribution in [3.63, 3.8) is 0 Å². The number of hydrogen-bond donors (Lipinski definition) is 1. The van der Waals surface area contributed by atoms with Crippen LogP contribution in [0.4, 0.5) is 40.8 Å². The highest BCUT2D eigenvalue weighted by Crippen LogP contribution is 2.51. The number of rotatable bonds is 5. The van der Waals surface area contributed by atoms with Crippen LogP contribution in [0.5, 0.6) is 0 Å². The first-order chi connectivity index (χ1) is 17.6. The Labute approximate surface area is 209 Å². The first-order valence-electron chi connectivity index (χ1n) is 10.7. The van der Waals surface area contributed by atoms with Crippen molar-refractivity contribution in [1.82, 2.24) is 24.8 Å². The van der Waals surface area contributed by atoms with Crippen LogP contribution in [0.25, 0.3) is 16.9 Å². The molecule has 0 bridgehead atoms. The van der Waals surface area contributed by atoms with Gasteiger partial charge in [-0.15, -0.1) is 0 Å². The summed E-state index contributed by atoms with van der Waals surface area (Å²) < 4.78 is 110. The van der Waals surface area contributed by atoms with E-state index in [0.29, 0.717) is 33.6 Å². The van der Waals surface area contributed by atoms with Gasteiger partial charge in [-0.1, -0.05) is 12.1 Å². The number of amides is 1. The molecule has 38 heavy (non-hydrogen) atoms. The van der Waals surface area contributed by atoms with Crippen LogP contribution in [-0.2, 0) is 0 Å². The van der Waals surface area contributed by atoms with Crippen LogP contribution >= 0.6 is 0 Å². The third-order valence-electron chi connectivity index (χ3n) is 5.89. The van der Waals surface area contributed by atoms with E-state index in [2.05, 4.69) is 15.4 Å². The summed E-state index contributed by atoms with van der Waals surface area (Å²) in [6.45, 7) is 0. The van der Waals surface area contributed by atoms with Crippen LogP contribution in [0.15, 0.2) is 66.8 Å². The van der Waals surface area contributed by atoms with Crippen molar-refractivity contribution < 1.29 is 39.9 Å². The van der Waals surface area contributed by atoms with Gasteiger partial charge in [0, 0.05) is 49.5 Å². The van der Waals surface area contributed by atoms with E-state index in [1.54, 1.807) is 18.2 Å². The first kappa shape index (κ1) is 27.0. The lowest BCUT2D eigenvalue weighted by atomic mass is 10.00. The second-order valence-corrected chi connectivity index (χ2v) is 8.30. The number of halogens is 8. The van der Waals surface area contributed by atoms with Gasteiger partial charge in [0.1, 0.15) is 11.6 Å². The zero-order valence-corrected chi connectivity index (χ0v) is 19.5. The van der Waals surface area contributed by atoms with Crippen molar-refractivity contribution >= 4 is 17.4 Å². The number of carbonyl (C=O) groups is 1. The standard InChI is InChI=1S/C23H18F8N6O/c1-35-18(21(24,25)23(29,30)31)17(22(26,27)28)20(36(35)2)37-12-15(11-33-37)14-4-3-5-16(10-14)34-19(38)13-6-8-32-9-7-13/h3-12,18H,1-2H3,(H,34,38). The Hall–Kier alpha value is -4.01. The number of nitrogens with one attached hydrogen (secondary N) is 1. The van der Waals surface area contributed by atoms with Crippen LogP contribution in [0.3, 0.4) is 0 Å². The van der Waals surface area contributed by atoms with Crippen LogP contribution in [-0.4, -0.2) is 69.1 Å². The molecule has 1 N–H and O–H groups in total. The molecule has 1 unspecified atom stereocenters. The molecule has 1 atom stereocenters. The topological polar surface area (TPSA) is 66.3 Å². The van der Waals surface area contributed by atoms with Crippen LogP contribution in [0.2, 0.25) is 0 Å². The predicted molar refractivity (Wildman–Crippen MR) is 119 cm³/mol. The molecule has 0 saturated carbocycles. The van der Waals surface area contributed by atoms with E-state index >= 15 is 0 Å². The van der Waals surface area contributed by atoms with E-state index in [4.69, 9.17) is 0 Å². The molecular weight excluding hydrogens is 528 g/mol. The lowest BCUT2D eigenvalue weighted by Crippen LogP contribution is -2.56. The molecule has 202 valence electrons. The molecule has 1 amide bonds. The SMILES string of the molecule is CN1C(n2cc(-c3cccc(NC(=O)c4ccncc4)c3)cn2)=C(C(F)(F)F)C(C(F)(F)C(F)(F)F)N1C. The summed E-state index contributed by atoms with van der Waals surface area (Å²) in [5, 5.41) is 7.17. The molecule has 0 aliphatic carbocycles. The number of alkyl halides is 8. The minimum atomic E-state index is -6.24. The molecular formula is C23H18F8N6O. The number of carbonyl (C=O) groups excluding carboxylic acids is 1. The molecule has 0 spiro atoms. The Morgan fingerprint density at radius 3 is 2.21 bits per heavy atom. The summed E-state index contributed by atoms with van der Waals surface area (Å²) in [5.74, 6) is -7.19. The summed E-state index contributed by atoms with van der Waals surface area (Å²) in [7, 11) is 1.62. The minimum Gasteiger partial charge on any atom is -0.322 e. The summed E-state index contributed by atoms with van der Waals surface area (Å²) >= 11 is 0. The maximum Gasteiger partial charge on any atom is 0.455 e. The number of aromatic nitrogens is 3. The van der Waals surface area contributed by atoms with Crippen LogP contribution < -0.4 is 5.32 Å². The minimum absolute atomic E-state index is 0.169. The van der Waals surface area contributed by atoms with E-state index in [1.165, 1.54) is 30.6 Å². The smallest absolute Gasteiger partial charge is 0.322 e. The Morgan fingerprint density at radius 1 is 0.947 bits per heavy atom. The average Bonchev–Trinajstić information content (AvgIpc) is 3.42. The second-order valence-electron chi connectivity index (χ2n) is 8.30. The molecule has 1 aliphatic rings. The molecule has 7 nitrogen and oxygen atoms in total. The average molecular weight is 546 g/mol. The number of nitrogens with zero attached hydrogens (tertiary/aromatic N) is 5. The van der Waals surface area contributed by atoms with Crippen LogP contribution in [0, 0.1) is 0 Å². The van der Waals surface area contributed by atoms with Gasteiger partial charge in [0.15, 0.2) is 5.82 Å². The third kappa shape index (κ3) is 4.80. The lowest BCUT2D eigenvalue weighted by Gasteiger charge is -2.34. The zero-order chi connectivity index (χ0) is 28.0. The highest BCUT2D eigenvalue weighted by Gasteiger charge is 2.70. The monoisotopic (exact) mass is 546 g/mol. The fraction of sp³-hybridized carbons (Fsp3) is 0.261. The van der Waals surface area contributed by atoms with Gasteiger partial charge in [-0.05, 0) is 29.8 Å². The van der Waals surface area contributed by atoms with Crippen molar-refractivity contribution in [1.29, 1.82) is 0 Å². The molecule has 0 radical (unpaired) electrons. The number of hydrazine groups is 1. The third-order valence-corrected chi connectivity index (χ3v) is 5.89. The summed E-state index contributed by atoms with van der Waals surface area (Å²) in [4.78, 5) is 16.2. The molecule has 3 heterocycles. The number of hydrogen-bond acceptors (Lipinski definition) is 5. The normalized spacial score (nSPS) is 17.3. The van der Waals surface area contributed by atoms with E-state index in [0.717, 1.165) is 19.4 Å². The molecule has 0 saturated heterocycles. The molecule has 15 heteroatoms. The van der Waals surface area contributed by atoms with Crippen molar-refractivity contribution in [2.45, 2.75) is 24.3 Å². The number of benzene rings is 1. The first-order valence-corrected chi connectivity index (χ1v) is 10.7. The van der Waals surface area contributed by atoms with E-state index < -0.39 is 41.6 Å². The fourth-order valence-electron chi connectivity index (χ4n) is 4.00. The largest absolute Gasteiger partial charge is 0.455 e. The number of pyridine rings is 1. The number of anilines is 1. The highest BCUT2D eigenvalue weighted by molar-refractivity contribution is 6.04. The Kier molecular flexibility index (Phi) is 6.67. The fourth-order valence-corrected chi connectivity index (χ4v) is 4.00. The van der Waals surface area contributed by atoms with E-state index in [1.807, 2.05) is 0 Å². The summed E-state index contributed by atoms with van der Waals surface area (Å²) in [6, 6.07) is 5.74. The second kappa shape index (κ2) is 9.38. The van der Waals surface area contributed by atoms with Crippen molar-refractivity contribution in [2.24, 2.45) is 0 Å². The zero-order valence-electron chi connectivity index (χ0n) is 19.5.